The highest BCUT2D eigenvalue weighted by atomic mass is 80.0. The number of hydrogen-bond acceptors (Lipinski definition) is 3. The minimum atomic E-state index is -3.76. The predicted octanol–water partition coefficient (Wildman–Crippen LogP) is 3.24. The van der Waals surface area contributed by atoms with Crippen molar-refractivity contribution in [3.63, 3.8) is 0 Å². The molecule has 0 heterocycles. The van der Waals surface area contributed by atoms with Gasteiger partial charge in [-0.15, -0.1) is 0 Å². The van der Waals surface area contributed by atoms with Crippen molar-refractivity contribution in [3.8, 4) is 0 Å². The van der Waals surface area contributed by atoms with Crippen molar-refractivity contribution < 1.29 is 12.6 Å². The van der Waals surface area contributed by atoms with Gasteiger partial charge in [-0.3, -0.25) is 4.18 Å². The third-order valence-electron chi connectivity index (χ3n) is 0.863. The molecule has 0 aromatic rings. The first-order chi connectivity index (χ1) is 5.06. The molecule has 0 rings (SSSR count). The summed E-state index contributed by atoms with van der Waals surface area (Å²) in [6, 6.07) is 0. The van der Waals surface area contributed by atoms with Gasteiger partial charge < -0.3 is 0 Å². The summed E-state index contributed by atoms with van der Waals surface area (Å²) in [5.41, 5.74) is 0. The maximum atomic E-state index is 11.3. The summed E-state index contributed by atoms with van der Waals surface area (Å²) in [6.45, 7) is 0. The molecule has 0 aromatic heterocycles. The van der Waals surface area contributed by atoms with Crippen LogP contribution in [0.25, 0.3) is 0 Å². The fourth-order valence-electron chi connectivity index (χ4n) is 0.246. The van der Waals surface area contributed by atoms with E-state index in [1.165, 1.54) is 0 Å². The minimum absolute atomic E-state index is 1.06. The van der Waals surface area contributed by atoms with Crippen LogP contribution in [0.15, 0.2) is 0 Å². The van der Waals surface area contributed by atoms with Crippen molar-refractivity contribution in [1.29, 1.82) is 0 Å². The Morgan fingerprint density at radius 2 is 1.42 bits per heavy atom. The molecule has 0 spiro atoms. The molecular weight excluding hydrogens is 516 g/mol. The van der Waals surface area contributed by atoms with Gasteiger partial charge in [-0.2, -0.15) is 8.42 Å². The quantitative estimate of drug-likeness (QED) is 0.417. The molecule has 9 heteroatoms. The molecule has 0 atom stereocenters. The number of rotatable bonds is 2. The van der Waals surface area contributed by atoms with Crippen LogP contribution >= 0.6 is 79.6 Å². The molecule has 0 aliphatic heterocycles. The summed E-state index contributed by atoms with van der Waals surface area (Å²) in [7, 11) is -2.69. The van der Waals surface area contributed by atoms with E-state index in [2.05, 4.69) is 83.8 Å². The Kier molecular flexibility index (Phi) is 5.30. The van der Waals surface area contributed by atoms with Crippen LogP contribution < -0.4 is 0 Å². The molecule has 0 bridgehead atoms. The lowest BCUT2D eigenvalue weighted by atomic mass is 11.0. The molecule has 0 saturated carbocycles. The molecule has 0 aliphatic carbocycles. The Bertz CT molecular complexity index is 252. The van der Waals surface area contributed by atoms with Gasteiger partial charge >= 0.3 is 0 Å². The normalized spacial score (nSPS) is 14.8. The highest BCUT2D eigenvalue weighted by molar-refractivity contribution is 9.42. The zero-order valence-corrected chi connectivity index (χ0v) is 14.3. The van der Waals surface area contributed by atoms with E-state index in [0.29, 0.717) is 0 Å². The standard InChI is InChI=1S/C3H3Br5O3S/c1-11-12(9,10)3(7,8)2(4,5)6/h1H3. The lowest BCUT2D eigenvalue weighted by molar-refractivity contribution is 0.395. The van der Waals surface area contributed by atoms with E-state index in [-0.39, 0.29) is 0 Å². The van der Waals surface area contributed by atoms with Crippen LogP contribution in [0.1, 0.15) is 0 Å². The van der Waals surface area contributed by atoms with Crippen LogP contribution in [0, 0.1) is 0 Å². The first-order valence-electron chi connectivity index (χ1n) is 2.31. The smallest absolute Gasteiger partial charge is 0.272 e. The molecule has 0 radical (unpaired) electrons. The Labute approximate surface area is 113 Å². The fraction of sp³-hybridized carbons (Fsp3) is 1.00. The lowest BCUT2D eigenvalue weighted by Crippen LogP contribution is -2.38. The van der Waals surface area contributed by atoms with Crippen LogP contribution in [0.5, 0.6) is 0 Å². The molecule has 0 unspecified atom stereocenters. The molecule has 74 valence electrons. The van der Waals surface area contributed by atoms with Crippen molar-refractivity contribution in [3.05, 3.63) is 0 Å². The summed E-state index contributed by atoms with van der Waals surface area (Å²) >= 11 is 15.1. The third-order valence-corrected chi connectivity index (χ3v) is 11.6. The van der Waals surface area contributed by atoms with Gasteiger partial charge in [0.2, 0.25) is 2.57 Å². The topological polar surface area (TPSA) is 43.4 Å². The van der Waals surface area contributed by atoms with Crippen LogP contribution in [0.3, 0.4) is 0 Å². The lowest BCUT2D eigenvalue weighted by Gasteiger charge is -2.27. The molecular formula is C3H3Br5O3S. The van der Waals surface area contributed by atoms with E-state index < -0.39 is 14.8 Å². The third kappa shape index (κ3) is 2.90. The molecule has 12 heavy (non-hydrogen) atoms. The van der Waals surface area contributed by atoms with Gasteiger partial charge in [0.15, 0.2) is 2.14 Å². The van der Waals surface area contributed by atoms with Crippen LogP contribution in [0.2, 0.25) is 0 Å². The first kappa shape index (κ1) is 14.3. The average Bonchev–Trinajstić information content (AvgIpc) is 1.85. The van der Waals surface area contributed by atoms with Gasteiger partial charge in [-0.1, -0.05) is 47.8 Å². The second kappa shape index (κ2) is 4.44. The molecule has 0 N–H and O–H groups in total. The monoisotopic (exact) mass is 514 g/mol. The van der Waals surface area contributed by atoms with Crippen molar-refractivity contribution in [2.75, 3.05) is 7.11 Å². The minimum Gasteiger partial charge on any atom is -0.272 e. The summed E-state index contributed by atoms with van der Waals surface area (Å²) in [5, 5.41) is 0. The second-order valence-electron chi connectivity index (χ2n) is 1.64. The number of alkyl halides is 5. The maximum absolute atomic E-state index is 11.3. The highest BCUT2D eigenvalue weighted by Gasteiger charge is 2.54. The van der Waals surface area contributed by atoms with E-state index in [9.17, 15) is 8.42 Å². The molecule has 0 aromatic carbocycles. The van der Waals surface area contributed by atoms with E-state index in [4.69, 9.17) is 0 Å². The second-order valence-corrected chi connectivity index (χ2v) is 14.7. The van der Waals surface area contributed by atoms with Crippen LogP contribution in [-0.2, 0) is 14.3 Å². The number of hydrogen-bond donors (Lipinski definition) is 0. The zero-order chi connectivity index (χ0) is 10.2. The predicted molar refractivity (Wildman–Crippen MR) is 66.0 cm³/mol. The molecule has 0 aliphatic rings. The SMILES string of the molecule is COS(=O)(=O)C(Br)(Br)C(Br)(Br)Br. The van der Waals surface area contributed by atoms with E-state index >= 15 is 0 Å². The van der Waals surface area contributed by atoms with Gasteiger partial charge in [0.1, 0.15) is 0 Å². The van der Waals surface area contributed by atoms with E-state index in [1.54, 1.807) is 0 Å². The van der Waals surface area contributed by atoms with E-state index in [0.717, 1.165) is 7.11 Å². The summed E-state index contributed by atoms with van der Waals surface area (Å²) in [4.78, 5) is 0. The maximum Gasteiger partial charge on any atom is 0.296 e. The number of halogens is 5. The summed E-state index contributed by atoms with van der Waals surface area (Å²) < 4.78 is 24.3. The van der Waals surface area contributed by atoms with Crippen molar-refractivity contribution in [2.45, 2.75) is 4.71 Å². The van der Waals surface area contributed by atoms with Crippen molar-refractivity contribution in [1.82, 2.24) is 0 Å². The Morgan fingerprint density at radius 3 is 1.50 bits per heavy atom. The average molecular weight is 519 g/mol. The Hall–Kier alpha value is 2.31. The molecule has 0 fully saturated rings. The van der Waals surface area contributed by atoms with Crippen LogP contribution in [0.4, 0.5) is 0 Å². The van der Waals surface area contributed by atoms with Gasteiger partial charge in [-0.25, -0.2) is 0 Å². The van der Waals surface area contributed by atoms with Crippen molar-refractivity contribution in [2.24, 2.45) is 0 Å². The van der Waals surface area contributed by atoms with Crippen molar-refractivity contribution >= 4 is 89.8 Å². The molecule has 0 saturated heterocycles. The largest absolute Gasteiger partial charge is 0.296 e. The molecule has 0 amide bonds. The highest BCUT2D eigenvalue weighted by Crippen LogP contribution is 2.55. The fourth-order valence-corrected chi connectivity index (χ4v) is 3.32. The summed E-state index contributed by atoms with van der Waals surface area (Å²) in [6.07, 6.45) is 0. The van der Waals surface area contributed by atoms with E-state index in [1.807, 2.05) is 0 Å². The molecule has 3 nitrogen and oxygen atoms in total. The zero-order valence-electron chi connectivity index (χ0n) is 5.52. The van der Waals surface area contributed by atoms with Gasteiger partial charge in [0.05, 0.1) is 7.11 Å². The summed E-state index contributed by atoms with van der Waals surface area (Å²) in [5.74, 6) is 0. The van der Waals surface area contributed by atoms with Crippen LogP contribution in [-0.4, -0.2) is 20.2 Å². The first-order valence-corrected chi connectivity index (χ1v) is 7.68. The van der Waals surface area contributed by atoms with Gasteiger partial charge in [-0.05, 0) is 31.9 Å². The van der Waals surface area contributed by atoms with Gasteiger partial charge in [0.25, 0.3) is 10.1 Å². The Morgan fingerprint density at radius 1 is 1.08 bits per heavy atom. The Balaban J connectivity index is 5.14. The van der Waals surface area contributed by atoms with Gasteiger partial charge in [0, 0.05) is 0 Å².